The van der Waals surface area contributed by atoms with Crippen LogP contribution in [0.25, 0.3) is 0 Å². The summed E-state index contributed by atoms with van der Waals surface area (Å²) in [4.78, 5) is 0. The molecule has 0 bridgehead atoms. The van der Waals surface area contributed by atoms with E-state index in [-0.39, 0.29) is 11.1 Å². The maximum Gasteiger partial charge on any atom is 0.150 e. The van der Waals surface area contributed by atoms with Gasteiger partial charge in [0.25, 0.3) is 0 Å². The highest BCUT2D eigenvalue weighted by atomic mass is 79.9. The Balaban J connectivity index is 2.10. The van der Waals surface area contributed by atoms with E-state index in [2.05, 4.69) is 54.2 Å². The first-order valence-corrected chi connectivity index (χ1v) is 7.54. The largest absolute Gasteiger partial charge is 0.378 e. The van der Waals surface area contributed by atoms with Gasteiger partial charge in [-0.05, 0) is 38.5 Å². The Bertz CT molecular complexity index is 607. The van der Waals surface area contributed by atoms with Crippen LogP contribution in [-0.2, 0) is 12.0 Å². The predicted molar refractivity (Wildman–Crippen MR) is 86.5 cm³/mol. The van der Waals surface area contributed by atoms with Crippen LogP contribution in [0.5, 0.6) is 0 Å². The zero-order valence-corrected chi connectivity index (χ0v) is 13.9. The van der Waals surface area contributed by atoms with E-state index < -0.39 is 11.6 Å². The monoisotopic (exact) mass is 353 g/mol. The first-order valence-electron chi connectivity index (χ1n) is 6.75. The van der Waals surface area contributed by atoms with Crippen molar-refractivity contribution in [3.8, 4) is 0 Å². The van der Waals surface area contributed by atoms with Gasteiger partial charge in [-0.3, -0.25) is 0 Å². The second kappa shape index (κ2) is 6.14. The van der Waals surface area contributed by atoms with Gasteiger partial charge in [0.2, 0.25) is 0 Å². The Kier molecular flexibility index (Phi) is 4.67. The Morgan fingerprint density at radius 2 is 1.67 bits per heavy atom. The van der Waals surface area contributed by atoms with Gasteiger partial charge in [0, 0.05) is 17.1 Å². The second-order valence-corrected chi connectivity index (χ2v) is 6.90. The van der Waals surface area contributed by atoms with Gasteiger partial charge in [-0.2, -0.15) is 0 Å². The molecule has 1 N–H and O–H groups in total. The standard InChI is InChI=1S/C17H18BrF2N/c1-17(2,3)12-6-4-11(5-7-12)10-21-16-14(18)8-13(19)9-15(16)20/h4-9,21H,10H2,1-3H3. The lowest BCUT2D eigenvalue weighted by molar-refractivity contribution is 0.583. The molecule has 1 nitrogen and oxygen atoms in total. The van der Waals surface area contributed by atoms with Crippen LogP contribution in [0.1, 0.15) is 31.9 Å². The molecule has 0 aliphatic carbocycles. The Labute approximate surface area is 132 Å². The molecule has 0 fully saturated rings. The summed E-state index contributed by atoms with van der Waals surface area (Å²) >= 11 is 3.17. The number of benzene rings is 2. The van der Waals surface area contributed by atoms with Crippen molar-refractivity contribution in [3.05, 3.63) is 63.6 Å². The average Bonchev–Trinajstić information content (AvgIpc) is 2.37. The van der Waals surface area contributed by atoms with E-state index >= 15 is 0 Å². The maximum atomic E-state index is 13.7. The lowest BCUT2D eigenvalue weighted by atomic mass is 9.87. The van der Waals surface area contributed by atoms with Gasteiger partial charge < -0.3 is 5.32 Å². The van der Waals surface area contributed by atoms with Gasteiger partial charge in [0.05, 0.1) is 5.69 Å². The maximum absolute atomic E-state index is 13.7. The van der Waals surface area contributed by atoms with Crippen molar-refractivity contribution in [2.24, 2.45) is 0 Å². The third-order valence-electron chi connectivity index (χ3n) is 3.30. The summed E-state index contributed by atoms with van der Waals surface area (Å²) in [5, 5.41) is 2.99. The molecule has 0 heterocycles. The van der Waals surface area contributed by atoms with E-state index in [1.54, 1.807) is 0 Å². The number of nitrogens with one attached hydrogen (secondary N) is 1. The molecular formula is C17H18BrF2N. The Morgan fingerprint density at radius 3 is 2.19 bits per heavy atom. The normalized spacial score (nSPS) is 11.5. The topological polar surface area (TPSA) is 12.0 Å². The molecule has 0 saturated carbocycles. The SMILES string of the molecule is CC(C)(C)c1ccc(CNc2c(F)cc(F)cc2Br)cc1. The molecule has 0 saturated heterocycles. The molecular weight excluding hydrogens is 336 g/mol. The van der Waals surface area contributed by atoms with Crippen molar-refractivity contribution in [1.82, 2.24) is 0 Å². The molecule has 0 aliphatic rings. The van der Waals surface area contributed by atoms with Crippen molar-refractivity contribution in [2.45, 2.75) is 32.7 Å². The minimum Gasteiger partial charge on any atom is -0.378 e. The smallest absolute Gasteiger partial charge is 0.150 e. The zero-order valence-electron chi connectivity index (χ0n) is 12.3. The predicted octanol–water partition coefficient (Wildman–Crippen LogP) is 5.64. The summed E-state index contributed by atoms with van der Waals surface area (Å²) in [6.45, 7) is 6.95. The fraction of sp³-hybridized carbons (Fsp3) is 0.294. The number of rotatable bonds is 3. The molecule has 0 atom stereocenters. The van der Waals surface area contributed by atoms with E-state index in [0.29, 0.717) is 11.0 Å². The lowest BCUT2D eigenvalue weighted by Gasteiger charge is -2.19. The molecule has 21 heavy (non-hydrogen) atoms. The Hall–Kier alpha value is -1.42. The first-order chi connectivity index (χ1) is 9.77. The quantitative estimate of drug-likeness (QED) is 0.753. The van der Waals surface area contributed by atoms with Crippen molar-refractivity contribution in [1.29, 1.82) is 0 Å². The molecule has 112 valence electrons. The van der Waals surface area contributed by atoms with Crippen molar-refractivity contribution < 1.29 is 8.78 Å². The van der Waals surface area contributed by atoms with Crippen molar-refractivity contribution in [2.75, 3.05) is 5.32 Å². The molecule has 0 aliphatic heterocycles. The summed E-state index contributed by atoms with van der Waals surface area (Å²) in [6, 6.07) is 10.3. The van der Waals surface area contributed by atoms with Gasteiger partial charge >= 0.3 is 0 Å². The highest BCUT2D eigenvalue weighted by Gasteiger charge is 2.13. The van der Waals surface area contributed by atoms with Gasteiger partial charge in [-0.1, -0.05) is 45.0 Å². The van der Waals surface area contributed by atoms with Crippen LogP contribution in [0.15, 0.2) is 40.9 Å². The molecule has 2 rings (SSSR count). The highest BCUT2D eigenvalue weighted by molar-refractivity contribution is 9.10. The van der Waals surface area contributed by atoms with E-state index in [1.807, 2.05) is 12.1 Å². The number of anilines is 1. The van der Waals surface area contributed by atoms with Crippen LogP contribution in [0, 0.1) is 11.6 Å². The molecule has 0 unspecified atom stereocenters. The average molecular weight is 354 g/mol. The third kappa shape index (κ3) is 4.03. The zero-order chi connectivity index (χ0) is 15.6. The Morgan fingerprint density at radius 1 is 1.05 bits per heavy atom. The van der Waals surface area contributed by atoms with E-state index in [9.17, 15) is 8.78 Å². The molecule has 0 radical (unpaired) electrons. The fourth-order valence-electron chi connectivity index (χ4n) is 2.02. The second-order valence-electron chi connectivity index (χ2n) is 6.04. The molecule has 2 aromatic carbocycles. The molecule has 4 heteroatoms. The number of hydrogen-bond acceptors (Lipinski definition) is 1. The molecule has 0 spiro atoms. The summed E-state index contributed by atoms with van der Waals surface area (Å²) in [6.07, 6.45) is 0. The molecule has 2 aromatic rings. The van der Waals surface area contributed by atoms with Crippen LogP contribution in [0.3, 0.4) is 0 Å². The third-order valence-corrected chi connectivity index (χ3v) is 3.92. The van der Waals surface area contributed by atoms with Crippen LogP contribution >= 0.6 is 15.9 Å². The van der Waals surface area contributed by atoms with Crippen LogP contribution in [0.4, 0.5) is 14.5 Å². The van der Waals surface area contributed by atoms with Gasteiger partial charge in [0.15, 0.2) is 0 Å². The summed E-state index contributed by atoms with van der Waals surface area (Å²) < 4.78 is 27.1. The minimum atomic E-state index is -0.604. The molecule has 0 aromatic heterocycles. The van der Waals surface area contributed by atoms with E-state index in [4.69, 9.17) is 0 Å². The number of hydrogen-bond donors (Lipinski definition) is 1. The summed E-state index contributed by atoms with van der Waals surface area (Å²) in [5.41, 5.74) is 2.67. The highest BCUT2D eigenvalue weighted by Crippen LogP contribution is 2.27. The van der Waals surface area contributed by atoms with Crippen molar-refractivity contribution >= 4 is 21.6 Å². The van der Waals surface area contributed by atoms with Gasteiger partial charge in [-0.15, -0.1) is 0 Å². The lowest BCUT2D eigenvalue weighted by Crippen LogP contribution is -2.11. The van der Waals surface area contributed by atoms with E-state index in [0.717, 1.165) is 11.6 Å². The van der Waals surface area contributed by atoms with Gasteiger partial charge in [-0.25, -0.2) is 8.78 Å². The van der Waals surface area contributed by atoms with Gasteiger partial charge in [0.1, 0.15) is 11.6 Å². The first kappa shape index (κ1) is 16.0. The van der Waals surface area contributed by atoms with Crippen molar-refractivity contribution in [3.63, 3.8) is 0 Å². The van der Waals surface area contributed by atoms with Crippen LogP contribution in [-0.4, -0.2) is 0 Å². The minimum absolute atomic E-state index is 0.109. The summed E-state index contributed by atoms with van der Waals surface area (Å²) in [7, 11) is 0. The molecule has 0 amide bonds. The fourth-order valence-corrected chi connectivity index (χ4v) is 2.57. The van der Waals surface area contributed by atoms with Crippen LogP contribution < -0.4 is 5.32 Å². The number of halogens is 3. The van der Waals surface area contributed by atoms with Crippen LogP contribution in [0.2, 0.25) is 0 Å². The summed E-state index contributed by atoms with van der Waals surface area (Å²) in [5.74, 6) is -1.20. The van der Waals surface area contributed by atoms with E-state index in [1.165, 1.54) is 11.6 Å².